The fraction of sp³-hybridized carbons (Fsp3) is 0.682. The average molecular weight is 422 g/mol. The minimum atomic E-state index is -0.101. The van der Waals surface area contributed by atoms with Crippen LogP contribution in [0.4, 0.5) is 10.5 Å². The molecule has 0 bridgehead atoms. The van der Waals surface area contributed by atoms with Gasteiger partial charge in [-0.3, -0.25) is 4.90 Å². The number of likely N-dealkylation sites (tertiary alicyclic amines) is 1. The lowest BCUT2D eigenvalue weighted by atomic mass is 9.96. The maximum absolute atomic E-state index is 12.8. The van der Waals surface area contributed by atoms with Gasteiger partial charge in [-0.2, -0.15) is 0 Å². The van der Waals surface area contributed by atoms with Gasteiger partial charge in [0.05, 0.1) is 39.2 Å². The van der Waals surface area contributed by atoms with E-state index in [1.54, 1.807) is 33.5 Å². The first-order valence-corrected chi connectivity index (χ1v) is 10.7. The molecule has 0 radical (unpaired) electrons. The number of carbonyl (C=O) groups excluding carboxylic acids is 1. The van der Waals surface area contributed by atoms with Crippen molar-refractivity contribution in [1.29, 1.82) is 0 Å². The monoisotopic (exact) mass is 421 g/mol. The molecule has 1 aromatic rings. The Morgan fingerprint density at radius 3 is 2.10 bits per heavy atom. The van der Waals surface area contributed by atoms with Crippen LogP contribution in [0.5, 0.6) is 17.2 Å². The molecule has 2 amide bonds. The summed E-state index contributed by atoms with van der Waals surface area (Å²) < 4.78 is 21.9. The minimum Gasteiger partial charge on any atom is -0.493 e. The zero-order valence-corrected chi connectivity index (χ0v) is 18.8. The number of benzene rings is 1. The molecule has 2 fully saturated rings. The Bertz CT molecular complexity index is 686. The highest BCUT2D eigenvalue weighted by molar-refractivity contribution is 5.90. The lowest BCUT2D eigenvalue weighted by molar-refractivity contribution is -0.0728. The van der Waals surface area contributed by atoms with E-state index in [-0.39, 0.29) is 18.2 Å². The molecule has 1 N–H and O–H groups in total. The van der Waals surface area contributed by atoms with Crippen LogP contribution in [0.2, 0.25) is 0 Å². The van der Waals surface area contributed by atoms with Gasteiger partial charge in [0.25, 0.3) is 0 Å². The summed E-state index contributed by atoms with van der Waals surface area (Å²) in [5, 5.41) is 2.96. The molecule has 2 aliphatic heterocycles. The molecule has 3 rings (SSSR count). The Labute approximate surface area is 179 Å². The molecule has 30 heavy (non-hydrogen) atoms. The molecule has 2 heterocycles. The lowest BCUT2D eigenvalue weighted by Crippen LogP contribution is -2.49. The number of amides is 2. The number of hydrogen-bond donors (Lipinski definition) is 1. The summed E-state index contributed by atoms with van der Waals surface area (Å²) in [5.74, 6) is 2.15. The number of carbonyl (C=O) groups is 1. The molecule has 2 saturated heterocycles. The van der Waals surface area contributed by atoms with Crippen LogP contribution in [0.3, 0.4) is 0 Å². The topological polar surface area (TPSA) is 72.5 Å². The molecule has 2 atom stereocenters. The van der Waals surface area contributed by atoms with Gasteiger partial charge >= 0.3 is 6.03 Å². The Kier molecular flexibility index (Phi) is 7.66. The standard InChI is InChI=1S/C22H35N3O5/c1-15-12-24(13-16(2)30-15)14-17-6-8-25(9-7-17)22(26)23-18-10-19(27-3)21(29-5)20(11-18)28-4/h10-11,15-17H,6-9,12-14H2,1-5H3,(H,23,26). The Balaban J connectivity index is 1.53. The fourth-order valence-electron chi connectivity index (χ4n) is 4.47. The van der Waals surface area contributed by atoms with Crippen molar-refractivity contribution in [3.63, 3.8) is 0 Å². The van der Waals surface area contributed by atoms with Crippen LogP contribution >= 0.6 is 0 Å². The van der Waals surface area contributed by atoms with Gasteiger partial charge in [-0.15, -0.1) is 0 Å². The fourth-order valence-corrected chi connectivity index (χ4v) is 4.47. The highest BCUT2D eigenvalue weighted by atomic mass is 16.5. The van der Waals surface area contributed by atoms with Gasteiger partial charge in [-0.25, -0.2) is 4.79 Å². The van der Waals surface area contributed by atoms with E-state index < -0.39 is 0 Å². The molecule has 2 unspecified atom stereocenters. The first-order valence-electron chi connectivity index (χ1n) is 10.7. The maximum atomic E-state index is 12.8. The summed E-state index contributed by atoms with van der Waals surface area (Å²) in [6.45, 7) is 8.86. The van der Waals surface area contributed by atoms with Crippen LogP contribution in [0, 0.1) is 5.92 Å². The SMILES string of the molecule is COc1cc(NC(=O)N2CCC(CN3CC(C)OC(C)C3)CC2)cc(OC)c1OC. The van der Waals surface area contributed by atoms with Crippen molar-refractivity contribution in [2.24, 2.45) is 5.92 Å². The molecule has 0 spiro atoms. The number of urea groups is 1. The molecule has 168 valence electrons. The second kappa shape index (κ2) is 10.2. The van der Waals surface area contributed by atoms with E-state index >= 15 is 0 Å². The largest absolute Gasteiger partial charge is 0.493 e. The van der Waals surface area contributed by atoms with E-state index in [0.717, 1.165) is 45.6 Å². The third-order valence-corrected chi connectivity index (χ3v) is 5.83. The third-order valence-electron chi connectivity index (χ3n) is 5.83. The van der Waals surface area contributed by atoms with Crippen LogP contribution in [0.1, 0.15) is 26.7 Å². The van der Waals surface area contributed by atoms with E-state index in [0.29, 0.717) is 28.9 Å². The molecule has 2 aliphatic rings. The van der Waals surface area contributed by atoms with Crippen molar-refractivity contribution >= 4 is 11.7 Å². The summed E-state index contributed by atoms with van der Waals surface area (Å²) in [4.78, 5) is 17.2. The third kappa shape index (κ3) is 5.49. The van der Waals surface area contributed by atoms with Gasteiger partial charge in [-0.05, 0) is 32.6 Å². The first-order chi connectivity index (χ1) is 14.4. The number of morpholine rings is 1. The molecular formula is C22H35N3O5. The minimum absolute atomic E-state index is 0.101. The summed E-state index contributed by atoms with van der Waals surface area (Å²) in [6.07, 6.45) is 2.61. The zero-order valence-electron chi connectivity index (χ0n) is 18.8. The van der Waals surface area contributed by atoms with Crippen LogP contribution < -0.4 is 19.5 Å². The molecule has 0 aliphatic carbocycles. The van der Waals surface area contributed by atoms with Crippen molar-refractivity contribution in [3.05, 3.63) is 12.1 Å². The van der Waals surface area contributed by atoms with Crippen LogP contribution in [0.15, 0.2) is 12.1 Å². The lowest BCUT2D eigenvalue weighted by Gasteiger charge is -2.39. The van der Waals surface area contributed by atoms with Crippen LogP contribution in [-0.4, -0.2) is 82.1 Å². The molecule has 0 aromatic heterocycles. The Morgan fingerprint density at radius 2 is 1.60 bits per heavy atom. The highest BCUT2D eigenvalue weighted by Crippen LogP contribution is 2.40. The van der Waals surface area contributed by atoms with Gasteiger partial charge in [-0.1, -0.05) is 0 Å². The Morgan fingerprint density at radius 1 is 1.03 bits per heavy atom. The number of piperidine rings is 1. The number of ether oxygens (including phenoxy) is 4. The first kappa shape index (κ1) is 22.5. The van der Waals surface area contributed by atoms with Gasteiger partial charge in [0.1, 0.15) is 0 Å². The second-order valence-corrected chi connectivity index (χ2v) is 8.25. The molecule has 8 heteroatoms. The smallest absolute Gasteiger partial charge is 0.321 e. The van der Waals surface area contributed by atoms with Crippen LogP contribution in [0.25, 0.3) is 0 Å². The predicted molar refractivity (Wildman–Crippen MR) is 116 cm³/mol. The number of rotatable bonds is 6. The van der Waals surface area contributed by atoms with Crippen molar-refractivity contribution in [3.8, 4) is 17.2 Å². The van der Waals surface area contributed by atoms with E-state index in [4.69, 9.17) is 18.9 Å². The number of nitrogens with one attached hydrogen (secondary N) is 1. The van der Waals surface area contributed by atoms with Gasteiger partial charge < -0.3 is 29.2 Å². The summed E-state index contributed by atoms with van der Waals surface area (Å²) in [5.41, 5.74) is 0.618. The summed E-state index contributed by atoms with van der Waals surface area (Å²) in [7, 11) is 4.67. The van der Waals surface area contributed by atoms with E-state index in [9.17, 15) is 4.79 Å². The summed E-state index contributed by atoms with van der Waals surface area (Å²) >= 11 is 0. The number of methoxy groups -OCH3 is 3. The average Bonchev–Trinajstić information content (AvgIpc) is 2.72. The Hall–Kier alpha value is -2.19. The zero-order chi connectivity index (χ0) is 21.7. The van der Waals surface area contributed by atoms with Crippen molar-refractivity contribution in [2.45, 2.75) is 38.9 Å². The van der Waals surface area contributed by atoms with Gasteiger partial charge in [0.2, 0.25) is 5.75 Å². The molecule has 1 aromatic carbocycles. The highest BCUT2D eigenvalue weighted by Gasteiger charge is 2.28. The van der Waals surface area contributed by atoms with Gasteiger partial charge in [0, 0.05) is 44.9 Å². The maximum Gasteiger partial charge on any atom is 0.321 e. The van der Waals surface area contributed by atoms with E-state index in [1.165, 1.54) is 0 Å². The predicted octanol–water partition coefficient (Wildman–Crippen LogP) is 3.07. The number of nitrogens with zero attached hydrogens (tertiary/aromatic N) is 2. The van der Waals surface area contributed by atoms with Crippen LogP contribution in [-0.2, 0) is 4.74 Å². The quantitative estimate of drug-likeness (QED) is 0.761. The van der Waals surface area contributed by atoms with Crippen molar-refractivity contribution in [1.82, 2.24) is 9.80 Å². The van der Waals surface area contributed by atoms with E-state index in [1.807, 2.05) is 4.90 Å². The molecule has 0 saturated carbocycles. The number of anilines is 1. The summed E-state index contributed by atoms with van der Waals surface area (Å²) in [6, 6.07) is 3.39. The molecular weight excluding hydrogens is 386 g/mol. The van der Waals surface area contributed by atoms with Gasteiger partial charge in [0.15, 0.2) is 11.5 Å². The number of hydrogen-bond acceptors (Lipinski definition) is 6. The van der Waals surface area contributed by atoms with E-state index in [2.05, 4.69) is 24.1 Å². The second-order valence-electron chi connectivity index (χ2n) is 8.25. The molecule has 8 nitrogen and oxygen atoms in total. The normalized spacial score (nSPS) is 23.2. The van der Waals surface area contributed by atoms with Crippen molar-refractivity contribution < 1.29 is 23.7 Å². The van der Waals surface area contributed by atoms with Crippen molar-refractivity contribution in [2.75, 3.05) is 59.4 Å².